The van der Waals surface area contributed by atoms with Gasteiger partial charge in [0.25, 0.3) is 5.91 Å². The number of hydrogen-bond acceptors (Lipinski definition) is 3. The molecule has 0 aromatic heterocycles. The van der Waals surface area contributed by atoms with Crippen LogP contribution in [0.25, 0.3) is 5.76 Å². The topological polar surface area (TPSA) is 46.6 Å². The lowest BCUT2D eigenvalue weighted by Crippen LogP contribution is -2.50. The molecule has 2 heterocycles. The summed E-state index contributed by atoms with van der Waals surface area (Å²) in [5.74, 6) is -0.104. The molecular weight excluding hydrogens is 386 g/mol. The van der Waals surface area contributed by atoms with Gasteiger partial charge in [0.05, 0.1) is 5.69 Å². The van der Waals surface area contributed by atoms with E-state index in [1.165, 1.54) is 4.90 Å². The van der Waals surface area contributed by atoms with E-state index in [0.29, 0.717) is 33.2 Å². The third-order valence-corrected chi connectivity index (χ3v) is 5.67. The van der Waals surface area contributed by atoms with Crippen LogP contribution in [0.3, 0.4) is 0 Å². The van der Waals surface area contributed by atoms with Gasteiger partial charge in [-0.1, -0.05) is 72.3 Å². The van der Waals surface area contributed by atoms with E-state index in [-0.39, 0.29) is 11.7 Å². The molecule has 4 nitrogen and oxygen atoms in total. The Balaban J connectivity index is 1.77. The predicted molar refractivity (Wildman–Crippen MR) is 112 cm³/mol. The summed E-state index contributed by atoms with van der Waals surface area (Å²) < 4.78 is 6.20. The van der Waals surface area contributed by atoms with Gasteiger partial charge in [-0.25, -0.2) is 0 Å². The fraction of sp³-hybridized carbons (Fsp3) is 0.0833. The minimum absolute atomic E-state index is 0.231. The van der Waals surface area contributed by atoms with Crippen molar-refractivity contribution in [2.24, 2.45) is 0 Å². The summed E-state index contributed by atoms with van der Waals surface area (Å²) in [6.07, 6.45) is 0. The van der Waals surface area contributed by atoms with E-state index in [0.717, 1.165) is 5.56 Å². The second kappa shape index (κ2) is 6.33. The second-order valence-electron chi connectivity index (χ2n) is 7.07. The Bertz CT molecular complexity index is 1190. The second-order valence-corrected chi connectivity index (χ2v) is 7.51. The van der Waals surface area contributed by atoms with Gasteiger partial charge >= 0.3 is 0 Å². The number of fused-ring (bicyclic) bond motifs is 2. The van der Waals surface area contributed by atoms with Gasteiger partial charge in [-0.05, 0) is 18.2 Å². The van der Waals surface area contributed by atoms with Crippen LogP contribution in [0.5, 0.6) is 0 Å². The van der Waals surface area contributed by atoms with Crippen LogP contribution in [0.4, 0.5) is 5.69 Å². The van der Waals surface area contributed by atoms with Crippen LogP contribution in [0.1, 0.15) is 21.5 Å². The molecule has 5 heteroatoms. The van der Waals surface area contributed by atoms with Gasteiger partial charge in [0.1, 0.15) is 11.3 Å². The van der Waals surface area contributed by atoms with Crippen LogP contribution in [-0.2, 0) is 15.1 Å². The number of anilines is 1. The van der Waals surface area contributed by atoms with E-state index in [4.69, 9.17) is 16.3 Å². The van der Waals surface area contributed by atoms with Crippen molar-refractivity contribution in [3.8, 4) is 0 Å². The Kier molecular flexibility index (Phi) is 3.86. The number of carbonyl (C=O) groups is 2. The van der Waals surface area contributed by atoms with Gasteiger partial charge in [0, 0.05) is 28.8 Å². The van der Waals surface area contributed by atoms with E-state index < -0.39 is 5.60 Å². The lowest BCUT2D eigenvalue weighted by Gasteiger charge is -2.41. The van der Waals surface area contributed by atoms with Gasteiger partial charge in [0.15, 0.2) is 5.78 Å². The van der Waals surface area contributed by atoms with Gasteiger partial charge < -0.3 is 9.64 Å². The first kappa shape index (κ1) is 17.7. The molecule has 1 amide bonds. The van der Waals surface area contributed by atoms with Crippen molar-refractivity contribution in [3.63, 3.8) is 0 Å². The summed E-state index contributed by atoms with van der Waals surface area (Å²) >= 11 is 6.24. The Labute approximate surface area is 173 Å². The Morgan fingerprint density at radius 1 is 0.966 bits per heavy atom. The zero-order valence-corrected chi connectivity index (χ0v) is 16.3. The lowest BCUT2D eigenvalue weighted by molar-refractivity contribution is -0.134. The monoisotopic (exact) mass is 401 g/mol. The molecule has 0 fully saturated rings. The van der Waals surface area contributed by atoms with E-state index in [1.807, 2.05) is 36.4 Å². The van der Waals surface area contributed by atoms with E-state index in [2.05, 4.69) is 0 Å². The molecule has 0 bridgehead atoms. The number of Topliss-reactive ketones (excluding diaryl/α,β-unsaturated/α-hetero) is 1. The third kappa shape index (κ3) is 2.39. The summed E-state index contributed by atoms with van der Waals surface area (Å²) in [5, 5.41) is 0.481. The van der Waals surface area contributed by atoms with Crippen molar-refractivity contribution in [2.75, 3.05) is 11.9 Å². The van der Waals surface area contributed by atoms with Gasteiger partial charge in [0.2, 0.25) is 5.60 Å². The highest BCUT2D eigenvalue weighted by Gasteiger charge is 2.64. The molecule has 1 atom stereocenters. The molecule has 0 unspecified atom stereocenters. The van der Waals surface area contributed by atoms with Crippen molar-refractivity contribution in [3.05, 3.63) is 106 Å². The van der Waals surface area contributed by atoms with E-state index in [1.54, 1.807) is 49.5 Å². The number of halogens is 1. The number of likely N-dealkylation sites (N-methyl/N-ethyl adjacent to an activating group) is 1. The average molecular weight is 402 g/mol. The first-order valence-corrected chi connectivity index (χ1v) is 9.59. The number of rotatable bonds is 3. The molecule has 1 spiro atoms. The number of amides is 1. The molecule has 0 radical (unpaired) electrons. The zero-order chi connectivity index (χ0) is 20.2. The Morgan fingerprint density at radius 2 is 1.62 bits per heavy atom. The van der Waals surface area contributed by atoms with Crippen LogP contribution in [0.15, 0.2) is 84.4 Å². The number of nitrogens with zero attached hydrogens (tertiary/aromatic N) is 1. The van der Waals surface area contributed by atoms with Gasteiger partial charge in [-0.2, -0.15) is 0 Å². The number of benzene rings is 3. The van der Waals surface area contributed by atoms with Gasteiger partial charge in [-0.3, -0.25) is 9.59 Å². The number of ketones is 1. The highest BCUT2D eigenvalue weighted by molar-refractivity contribution is 6.31. The molecule has 0 saturated carbocycles. The Morgan fingerprint density at radius 3 is 2.31 bits per heavy atom. The molecule has 3 aromatic rings. The van der Waals surface area contributed by atoms with Crippen LogP contribution in [0.2, 0.25) is 5.02 Å². The van der Waals surface area contributed by atoms with Crippen LogP contribution >= 0.6 is 11.6 Å². The van der Waals surface area contributed by atoms with Gasteiger partial charge in [-0.15, -0.1) is 0 Å². The standard InChI is InChI=1S/C24H16ClNO3/c1-26-19-13-12-17(25)14-18(19)24(23(26)28)20(21(27)15-8-4-2-5-9-15)22(29-24)16-10-6-3-7-11-16/h2-14H,1H3/t24-/m1/s1. The van der Waals surface area contributed by atoms with Crippen molar-refractivity contribution < 1.29 is 14.3 Å². The fourth-order valence-corrected chi connectivity index (χ4v) is 4.21. The van der Waals surface area contributed by atoms with Crippen LogP contribution < -0.4 is 4.90 Å². The maximum atomic E-state index is 13.6. The zero-order valence-electron chi connectivity index (χ0n) is 15.6. The smallest absolute Gasteiger partial charge is 0.280 e. The average Bonchev–Trinajstić information content (AvgIpc) is 2.95. The summed E-state index contributed by atoms with van der Waals surface area (Å²) in [7, 11) is 1.68. The van der Waals surface area contributed by atoms with E-state index >= 15 is 0 Å². The SMILES string of the molecule is CN1C(=O)[C@@]2(OC(c3ccccc3)=C2C(=O)c2ccccc2)c2cc(Cl)ccc21. The molecular formula is C24H16ClNO3. The van der Waals surface area contributed by atoms with Crippen molar-refractivity contribution >= 4 is 34.7 Å². The predicted octanol–water partition coefficient (Wildman–Crippen LogP) is 4.84. The summed E-state index contributed by atoms with van der Waals surface area (Å²) in [4.78, 5) is 28.5. The number of hydrogen-bond donors (Lipinski definition) is 0. The largest absolute Gasteiger partial charge is 0.466 e. The molecule has 0 N–H and O–H groups in total. The number of ether oxygens (including phenoxy) is 1. The minimum Gasteiger partial charge on any atom is -0.466 e. The summed E-state index contributed by atoms with van der Waals surface area (Å²) in [6.45, 7) is 0. The lowest BCUT2D eigenvalue weighted by atomic mass is 9.76. The van der Waals surface area contributed by atoms with Crippen molar-refractivity contribution in [1.82, 2.24) is 0 Å². The molecule has 29 heavy (non-hydrogen) atoms. The van der Waals surface area contributed by atoms with Crippen molar-refractivity contribution in [1.29, 1.82) is 0 Å². The maximum absolute atomic E-state index is 13.6. The maximum Gasteiger partial charge on any atom is 0.280 e. The first-order valence-electron chi connectivity index (χ1n) is 9.21. The quantitative estimate of drug-likeness (QED) is 0.590. The Hall–Kier alpha value is -3.37. The molecule has 2 aliphatic rings. The summed E-state index contributed by atoms with van der Waals surface area (Å²) in [5.41, 5.74) is 1.40. The fourth-order valence-electron chi connectivity index (χ4n) is 4.04. The minimum atomic E-state index is -1.48. The molecule has 3 aromatic carbocycles. The molecule has 5 rings (SSSR count). The van der Waals surface area contributed by atoms with Crippen molar-refractivity contribution in [2.45, 2.75) is 5.60 Å². The number of carbonyl (C=O) groups excluding carboxylic acids is 2. The highest BCUT2D eigenvalue weighted by atomic mass is 35.5. The first-order chi connectivity index (χ1) is 14.0. The van der Waals surface area contributed by atoms with E-state index in [9.17, 15) is 9.59 Å². The third-order valence-electron chi connectivity index (χ3n) is 5.44. The normalized spacial score (nSPS) is 19.8. The van der Waals surface area contributed by atoms with Crippen LogP contribution in [-0.4, -0.2) is 18.7 Å². The highest BCUT2D eigenvalue weighted by Crippen LogP contribution is 2.57. The molecule has 142 valence electrons. The summed E-state index contributed by atoms with van der Waals surface area (Å²) in [6, 6.07) is 23.5. The molecule has 2 aliphatic heterocycles. The van der Waals surface area contributed by atoms with Crippen LogP contribution in [0, 0.1) is 0 Å². The molecule has 0 saturated heterocycles. The molecule has 0 aliphatic carbocycles.